The van der Waals surface area contributed by atoms with Gasteiger partial charge in [0, 0.05) is 24.8 Å². The molecule has 0 amide bonds. The van der Waals surface area contributed by atoms with Crippen LogP contribution in [-0.4, -0.2) is 30.7 Å². The van der Waals surface area contributed by atoms with Gasteiger partial charge < -0.3 is 14.2 Å². The summed E-state index contributed by atoms with van der Waals surface area (Å²) in [7, 11) is 3.41. The van der Waals surface area contributed by atoms with E-state index in [0.717, 1.165) is 47.8 Å². The molecule has 1 unspecified atom stereocenters. The molecule has 0 radical (unpaired) electrons. The maximum absolute atomic E-state index is 6.69. The van der Waals surface area contributed by atoms with Crippen LogP contribution in [0, 0.1) is 0 Å². The Hall–Kier alpha value is -2.69. The summed E-state index contributed by atoms with van der Waals surface area (Å²) in [6.07, 6.45) is 6.47. The van der Waals surface area contributed by atoms with E-state index >= 15 is 0 Å². The molecule has 0 saturated heterocycles. The normalized spacial score (nSPS) is 22.1. The van der Waals surface area contributed by atoms with E-state index in [1.54, 1.807) is 14.2 Å². The van der Waals surface area contributed by atoms with Crippen molar-refractivity contribution in [3.8, 4) is 17.2 Å². The lowest BCUT2D eigenvalue weighted by atomic mass is 9.86. The molecule has 1 atom stereocenters. The van der Waals surface area contributed by atoms with E-state index in [-0.39, 0.29) is 11.8 Å². The maximum atomic E-state index is 6.69. The van der Waals surface area contributed by atoms with Crippen LogP contribution < -0.4 is 14.2 Å². The molecular weight excluding hydrogens is 352 g/mol. The molecule has 2 aromatic carbocycles. The lowest BCUT2D eigenvalue weighted by molar-refractivity contribution is -0.141. The molecule has 1 fully saturated rings. The van der Waals surface area contributed by atoms with Crippen molar-refractivity contribution in [1.82, 2.24) is 5.01 Å². The van der Waals surface area contributed by atoms with E-state index < -0.39 is 0 Å². The lowest BCUT2D eigenvalue weighted by Crippen LogP contribution is -2.54. The minimum absolute atomic E-state index is 0.189. The molecule has 1 aliphatic carbocycles. The molecule has 2 heterocycles. The highest BCUT2D eigenvalue weighted by molar-refractivity contribution is 6.02. The van der Waals surface area contributed by atoms with E-state index in [1.807, 2.05) is 24.3 Å². The summed E-state index contributed by atoms with van der Waals surface area (Å²) in [6.45, 7) is 0. The van der Waals surface area contributed by atoms with Crippen LogP contribution in [0.3, 0.4) is 0 Å². The van der Waals surface area contributed by atoms with Gasteiger partial charge in [-0.05, 0) is 48.7 Å². The van der Waals surface area contributed by atoms with Gasteiger partial charge in [0.05, 0.1) is 26.0 Å². The van der Waals surface area contributed by atoms with E-state index in [9.17, 15) is 0 Å². The van der Waals surface area contributed by atoms with Crippen LogP contribution in [0.2, 0.25) is 0 Å². The molecule has 28 heavy (non-hydrogen) atoms. The largest absolute Gasteiger partial charge is 0.497 e. The van der Waals surface area contributed by atoms with E-state index in [4.69, 9.17) is 19.3 Å². The zero-order valence-electron chi connectivity index (χ0n) is 16.5. The smallest absolute Gasteiger partial charge is 0.198 e. The van der Waals surface area contributed by atoms with Gasteiger partial charge in [0.2, 0.25) is 0 Å². The Morgan fingerprint density at radius 2 is 1.79 bits per heavy atom. The van der Waals surface area contributed by atoms with Gasteiger partial charge in [0.15, 0.2) is 17.2 Å². The molecule has 0 aromatic heterocycles. The highest BCUT2D eigenvalue weighted by Crippen LogP contribution is 2.53. The number of benzene rings is 2. The van der Waals surface area contributed by atoms with Gasteiger partial charge in [-0.3, -0.25) is 0 Å². The van der Waals surface area contributed by atoms with Crippen LogP contribution in [0.5, 0.6) is 17.2 Å². The van der Waals surface area contributed by atoms with Crippen molar-refractivity contribution in [3.05, 3.63) is 53.6 Å². The Morgan fingerprint density at radius 3 is 2.50 bits per heavy atom. The van der Waals surface area contributed by atoms with Crippen molar-refractivity contribution in [2.45, 2.75) is 50.3 Å². The van der Waals surface area contributed by atoms with Crippen LogP contribution in [0.15, 0.2) is 47.6 Å². The lowest BCUT2D eigenvalue weighted by Gasteiger charge is -2.49. The van der Waals surface area contributed by atoms with Crippen LogP contribution in [-0.2, 0) is 0 Å². The average molecular weight is 378 g/mol. The number of hydrazone groups is 1. The molecular formula is C23H26N2O3. The molecule has 1 saturated carbocycles. The summed E-state index contributed by atoms with van der Waals surface area (Å²) < 4.78 is 17.6. The molecule has 0 N–H and O–H groups in total. The van der Waals surface area contributed by atoms with Crippen molar-refractivity contribution < 1.29 is 14.2 Å². The Labute approximate surface area is 165 Å². The third-order valence-electron chi connectivity index (χ3n) is 6.27. The predicted molar refractivity (Wildman–Crippen MR) is 108 cm³/mol. The fraction of sp³-hybridized carbons (Fsp3) is 0.435. The fourth-order valence-corrected chi connectivity index (χ4v) is 4.82. The van der Waals surface area contributed by atoms with E-state index in [0.29, 0.717) is 0 Å². The maximum Gasteiger partial charge on any atom is 0.198 e. The van der Waals surface area contributed by atoms with Gasteiger partial charge in [-0.15, -0.1) is 0 Å². The molecule has 0 bridgehead atoms. The minimum Gasteiger partial charge on any atom is -0.497 e. The Bertz CT molecular complexity index is 901. The first-order valence-electron chi connectivity index (χ1n) is 10.1. The second-order valence-electron chi connectivity index (χ2n) is 7.83. The number of hydrogen-bond acceptors (Lipinski definition) is 5. The zero-order valence-corrected chi connectivity index (χ0v) is 16.5. The van der Waals surface area contributed by atoms with Gasteiger partial charge in [0.1, 0.15) is 5.75 Å². The van der Waals surface area contributed by atoms with Crippen LogP contribution in [0.4, 0.5) is 0 Å². The van der Waals surface area contributed by atoms with Crippen molar-refractivity contribution in [2.75, 3.05) is 14.2 Å². The number of hydrogen-bond donors (Lipinski definition) is 0. The van der Waals surface area contributed by atoms with Gasteiger partial charge in [-0.2, -0.15) is 5.10 Å². The Balaban J connectivity index is 1.58. The molecule has 5 rings (SSSR count). The molecule has 5 nitrogen and oxygen atoms in total. The predicted octanol–water partition coefficient (Wildman–Crippen LogP) is 4.91. The summed E-state index contributed by atoms with van der Waals surface area (Å²) in [4.78, 5) is 0. The molecule has 3 aliphatic rings. The van der Waals surface area contributed by atoms with Gasteiger partial charge in [0.25, 0.3) is 0 Å². The SMILES string of the molecule is COc1ccc(C2=NN3C(C2)c2cccc(OC)c2OC32CCCCC2)cc1. The van der Waals surface area contributed by atoms with Gasteiger partial charge in [-0.25, -0.2) is 5.01 Å². The number of ether oxygens (including phenoxy) is 3. The summed E-state index contributed by atoms with van der Waals surface area (Å²) >= 11 is 0. The number of nitrogens with zero attached hydrogens (tertiary/aromatic N) is 2. The first kappa shape index (κ1) is 17.4. The standard InChI is InChI=1S/C23H26N2O3/c1-26-17-11-9-16(10-12-17)19-15-20-18-7-6-8-21(27-2)22(18)28-23(25(20)24-19)13-4-3-5-14-23/h6-12,20H,3-5,13-15H2,1-2H3. The third-order valence-corrected chi connectivity index (χ3v) is 6.27. The summed E-state index contributed by atoms with van der Waals surface area (Å²) in [5.74, 6) is 2.58. The third kappa shape index (κ3) is 2.64. The van der Waals surface area contributed by atoms with Crippen molar-refractivity contribution in [2.24, 2.45) is 5.10 Å². The molecule has 146 valence electrons. The van der Waals surface area contributed by atoms with Crippen LogP contribution in [0.25, 0.3) is 0 Å². The first-order chi connectivity index (χ1) is 13.7. The average Bonchev–Trinajstić information content (AvgIpc) is 3.21. The van der Waals surface area contributed by atoms with Crippen molar-refractivity contribution in [1.29, 1.82) is 0 Å². The summed E-state index contributed by atoms with van der Waals surface area (Å²) in [5.41, 5.74) is 3.06. The summed E-state index contributed by atoms with van der Waals surface area (Å²) in [6, 6.07) is 14.6. The first-order valence-corrected chi connectivity index (χ1v) is 10.1. The highest BCUT2D eigenvalue weighted by Gasteiger charge is 2.51. The fourth-order valence-electron chi connectivity index (χ4n) is 4.82. The van der Waals surface area contributed by atoms with E-state index in [1.165, 1.54) is 24.8 Å². The topological polar surface area (TPSA) is 43.3 Å². The second kappa shape index (κ2) is 6.73. The van der Waals surface area contributed by atoms with Gasteiger partial charge in [-0.1, -0.05) is 18.6 Å². The molecule has 5 heteroatoms. The quantitative estimate of drug-likeness (QED) is 0.761. The van der Waals surface area contributed by atoms with Crippen LogP contribution in [0.1, 0.15) is 55.7 Å². The minimum atomic E-state index is -0.362. The molecule has 2 aliphatic heterocycles. The summed E-state index contributed by atoms with van der Waals surface area (Å²) in [5, 5.41) is 7.37. The molecule has 2 aromatic rings. The molecule has 1 spiro atoms. The van der Waals surface area contributed by atoms with Gasteiger partial charge >= 0.3 is 0 Å². The Kier molecular flexibility index (Phi) is 4.18. The number of para-hydroxylation sites is 1. The highest BCUT2D eigenvalue weighted by atomic mass is 16.5. The monoisotopic (exact) mass is 378 g/mol. The van der Waals surface area contributed by atoms with E-state index in [2.05, 4.69) is 23.2 Å². The second-order valence-corrected chi connectivity index (χ2v) is 7.83. The number of fused-ring (bicyclic) bond motifs is 4. The Morgan fingerprint density at radius 1 is 1.00 bits per heavy atom. The van der Waals surface area contributed by atoms with Crippen molar-refractivity contribution in [3.63, 3.8) is 0 Å². The number of rotatable bonds is 3. The van der Waals surface area contributed by atoms with Crippen LogP contribution >= 0.6 is 0 Å². The number of methoxy groups -OCH3 is 2. The zero-order chi connectivity index (χ0) is 19.1. The van der Waals surface area contributed by atoms with Crippen molar-refractivity contribution >= 4 is 5.71 Å².